The summed E-state index contributed by atoms with van der Waals surface area (Å²) < 4.78 is 36.5. The van der Waals surface area contributed by atoms with Crippen molar-refractivity contribution in [2.45, 2.75) is 19.8 Å². The van der Waals surface area contributed by atoms with Gasteiger partial charge in [0.15, 0.2) is 0 Å². The molecule has 0 rings (SSSR count). The normalized spacial score (nSPS) is 11.2. The lowest BCUT2D eigenvalue weighted by Crippen LogP contribution is -2.13. The second-order valence-corrected chi connectivity index (χ2v) is 3.31. The predicted molar refractivity (Wildman–Crippen MR) is 43.4 cm³/mol. The summed E-state index contributed by atoms with van der Waals surface area (Å²) in [7, 11) is -4.43. The van der Waals surface area contributed by atoms with Crippen molar-refractivity contribution < 1.29 is 26.7 Å². The first kappa shape index (κ1) is 12.3. The van der Waals surface area contributed by atoms with E-state index < -0.39 is 16.4 Å². The Bertz CT molecular complexity index is 244. The highest BCUT2D eigenvalue weighted by atomic mass is 32.3. The van der Waals surface area contributed by atoms with E-state index in [1.165, 1.54) is 0 Å². The topological polar surface area (TPSA) is 89.9 Å². The summed E-state index contributed by atoms with van der Waals surface area (Å²) in [4.78, 5) is 10.7. The summed E-state index contributed by atoms with van der Waals surface area (Å²) in [6.45, 7) is 1.27. The Morgan fingerprint density at radius 3 is 2.46 bits per heavy atom. The number of esters is 1. The van der Waals surface area contributed by atoms with E-state index in [1.807, 2.05) is 6.92 Å². The van der Waals surface area contributed by atoms with Crippen molar-refractivity contribution >= 4 is 16.4 Å². The van der Waals surface area contributed by atoms with Gasteiger partial charge in [0, 0.05) is 6.42 Å². The summed E-state index contributed by atoms with van der Waals surface area (Å²) in [6, 6.07) is 0. The molecule has 0 aromatic carbocycles. The Kier molecular flexibility index (Phi) is 5.60. The van der Waals surface area contributed by atoms with Gasteiger partial charge in [-0.25, -0.2) is 4.18 Å². The van der Waals surface area contributed by atoms with E-state index in [0.717, 1.165) is 0 Å². The predicted octanol–water partition coefficient (Wildman–Crippen LogP) is 0.149. The maximum Gasteiger partial charge on any atom is 0.397 e. The summed E-state index contributed by atoms with van der Waals surface area (Å²) in [5.41, 5.74) is 0. The maximum absolute atomic E-state index is 10.7. The van der Waals surface area contributed by atoms with Gasteiger partial charge in [0.25, 0.3) is 0 Å². The van der Waals surface area contributed by atoms with E-state index in [9.17, 15) is 13.2 Å². The van der Waals surface area contributed by atoms with Crippen LogP contribution >= 0.6 is 0 Å². The molecular weight excluding hydrogens is 200 g/mol. The van der Waals surface area contributed by atoms with Crippen molar-refractivity contribution in [1.82, 2.24) is 0 Å². The van der Waals surface area contributed by atoms with Crippen molar-refractivity contribution in [2.24, 2.45) is 0 Å². The van der Waals surface area contributed by atoms with Crippen LogP contribution in [-0.2, 0) is 24.1 Å². The van der Waals surface area contributed by atoms with E-state index >= 15 is 0 Å². The van der Waals surface area contributed by atoms with Crippen molar-refractivity contribution in [3.8, 4) is 0 Å². The van der Waals surface area contributed by atoms with Gasteiger partial charge in [-0.1, -0.05) is 6.92 Å². The highest BCUT2D eigenvalue weighted by Crippen LogP contribution is 1.92. The SMILES string of the molecule is CCCC(=O)OCCOS(=O)(=O)O. The average molecular weight is 212 g/mol. The summed E-state index contributed by atoms with van der Waals surface area (Å²) in [5, 5.41) is 0. The van der Waals surface area contributed by atoms with Crippen LogP contribution < -0.4 is 0 Å². The monoisotopic (exact) mass is 212 g/mol. The Morgan fingerprint density at radius 2 is 2.00 bits per heavy atom. The molecule has 0 aromatic heterocycles. The highest BCUT2D eigenvalue weighted by molar-refractivity contribution is 7.80. The van der Waals surface area contributed by atoms with Crippen LogP contribution in [0.4, 0.5) is 0 Å². The summed E-state index contributed by atoms with van der Waals surface area (Å²) >= 11 is 0. The molecule has 0 saturated heterocycles. The van der Waals surface area contributed by atoms with Gasteiger partial charge in [-0.15, -0.1) is 0 Å². The molecular formula is C6H12O6S. The lowest BCUT2D eigenvalue weighted by Gasteiger charge is -2.02. The number of carbonyl (C=O) groups excluding carboxylic acids is 1. The Labute approximate surface area is 76.8 Å². The first-order chi connectivity index (χ1) is 5.95. The zero-order valence-corrected chi connectivity index (χ0v) is 8.04. The zero-order valence-electron chi connectivity index (χ0n) is 7.23. The van der Waals surface area contributed by atoms with E-state index in [2.05, 4.69) is 8.92 Å². The largest absolute Gasteiger partial charge is 0.463 e. The number of rotatable bonds is 6. The third kappa shape index (κ3) is 9.25. The Morgan fingerprint density at radius 1 is 1.38 bits per heavy atom. The first-order valence-electron chi connectivity index (χ1n) is 3.73. The molecule has 0 atom stereocenters. The standard InChI is InChI=1S/C6H12O6S/c1-2-3-6(7)11-4-5-12-13(8,9)10/h2-5H2,1H3,(H,8,9,10). The van der Waals surface area contributed by atoms with E-state index in [4.69, 9.17) is 4.55 Å². The molecule has 0 fully saturated rings. The van der Waals surface area contributed by atoms with Crippen LogP contribution in [-0.4, -0.2) is 32.2 Å². The quantitative estimate of drug-likeness (QED) is 0.383. The minimum Gasteiger partial charge on any atom is -0.463 e. The molecule has 0 radical (unpaired) electrons. The zero-order chi connectivity index (χ0) is 10.3. The molecule has 6 nitrogen and oxygen atoms in total. The van der Waals surface area contributed by atoms with E-state index in [0.29, 0.717) is 6.42 Å². The molecule has 0 unspecified atom stereocenters. The second kappa shape index (κ2) is 5.90. The van der Waals surface area contributed by atoms with Crippen LogP contribution in [0.5, 0.6) is 0 Å². The molecule has 0 aliphatic rings. The molecule has 78 valence electrons. The van der Waals surface area contributed by atoms with Crippen LogP contribution in [0.15, 0.2) is 0 Å². The van der Waals surface area contributed by atoms with Gasteiger partial charge in [-0.3, -0.25) is 9.35 Å². The van der Waals surface area contributed by atoms with Crippen LogP contribution in [0.3, 0.4) is 0 Å². The van der Waals surface area contributed by atoms with Gasteiger partial charge < -0.3 is 4.74 Å². The molecule has 1 N–H and O–H groups in total. The smallest absolute Gasteiger partial charge is 0.397 e. The maximum atomic E-state index is 10.7. The van der Waals surface area contributed by atoms with Crippen LogP contribution in [0.1, 0.15) is 19.8 Å². The van der Waals surface area contributed by atoms with Crippen LogP contribution in [0, 0.1) is 0 Å². The number of carbonyl (C=O) groups is 1. The van der Waals surface area contributed by atoms with Gasteiger partial charge in [-0.05, 0) is 6.42 Å². The molecule has 13 heavy (non-hydrogen) atoms. The lowest BCUT2D eigenvalue weighted by atomic mass is 10.3. The van der Waals surface area contributed by atoms with Crippen LogP contribution in [0.25, 0.3) is 0 Å². The average Bonchev–Trinajstić information content (AvgIpc) is 1.97. The van der Waals surface area contributed by atoms with Gasteiger partial charge >= 0.3 is 16.4 Å². The van der Waals surface area contributed by atoms with Gasteiger partial charge in [0.05, 0.1) is 0 Å². The molecule has 0 aromatic rings. The molecule has 0 saturated carbocycles. The molecule has 0 spiro atoms. The first-order valence-corrected chi connectivity index (χ1v) is 5.09. The molecule has 0 amide bonds. The minimum atomic E-state index is -4.43. The third-order valence-corrected chi connectivity index (χ3v) is 1.50. The fourth-order valence-corrected chi connectivity index (χ4v) is 0.850. The molecule has 7 heteroatoms. The molecule has 0 heterocycles. The van der Waals surface area contributed by atoms with Crippen molar-refractivity contribution in [3.05, 3.63) is 0 Å². The van der Waals surface area contributed by atoms with Crippen LogP contribution in [0.2, 0.25) is 0 Å². The number of hydrogen-bond acceptors (Lipinski definition) is 5. The van der Waals surface area contributed by atoms with E-state index in [-0.39, 0.29) is 19.6 Å². The molecule has 0 bridgehead atoms. The molecule has 0 aliphatic carbocycles. The summed E-state index contributed by atoms with van der Waals surface area (Å²) in [6.07, 6.45) is 0.948. The van der Waals surface area contributed by atoms with Gasteiger partial charge in [0.2, 0.25) is 0 Å². The fraction of sp³-hybridized carbons (Fsp3) is 0.833. The van der Waals surface area contributed by atoms with Crippen molar-refractivity contribution in [2.75, 3.05) is 13.2 Å². The Balaban J connectivity index is 3.41. The Hall–Kier alpha value is -0.660. The van der Waals surface area contributed by atoms with Gasteiger partial charge in [0.1, 0.15) is 13.2 Å². The van der Waals surface area contributed by atoms with E-state index in [1.54, 1.807) is 0 Å². The lowest BCUT2D eigenvalue weighted by molar-refractivity contribution is -0.144. The number of ether oxygens (including phenoxy) is 1. The third-order valence-electron chi connectivity index (χ3n) is 1.03. The second-order valence-electron chi connectivity index (χ2n) is 2.22. The number of hydrogen-bond donors (Lipinski definition) is 1. The minimum absolute atomic E-state index is 0.182. The fourth-order valence-electron chi connectivity index (χ4n) is 0.571. The van der Waals surface area contributed by atoms with Crippen molar-refractivity contribution in [1.29, 1.82) is 0 Å². The highest BCUT2D eigenvalue weighted by Gasteiger charge is 2.05. The summed E-state index contributed by atoms with van der Waals surface area (Å²) in [5.74, 6) is -0.415. The van der Waals surface area contributed by atoms with Crippen molar-refractivity contribution in [3.63, 3.8) is 0 Å². The molecule has 0 aliphatic heterocycles. The van der Waals surface area contributed by atoms with Gasteiger partial charge in [-0.2, -0.15) is 8.42 Å².